The average molecular weight is 1920 g/mol. The molecule has 0 unspecified atom stereocenters. The number of hydrogen-bond acceptors (Lipinski definition) is 18. The van der Waals surface area contributed by atoms with E-state index in [-0.39, 0.29) is 55.3 Å². The van der Waals surface area contributed by atoms with E-state index in [0.29, 0.717) is 150 Å². The van der Waals surface area contributed by atoms with Crippen molar-refractivity contribution in [3.63, 3.8) is 0 Å². The number of pyridine rings is 3. The van der Waals surface area contributed by atoms with Crippen molar-refractivity contribution < 1.29 is 52.7 Å². The van der Waals surface area contributed by atoms with Crippen LogP contribution in [0.15, 0.2) is 317 Å². The SMILES string of the molecule is C[C@H](Nc1nccc(-c2nc3ncccn3c2-c2cccc(C(F)(F)F)c2)n1)c1ccccc1.Cc1ccc2nc(-c3cccc(C(F)(F)F)c3)c(-c3ccnc(N[C@@H](C)c4ccccc4)n3)n2c1.Cc1cccn2c(-c3ccnc(N[C@@H](C)c4ccccc4)n3)c(-c3cccc(C(F)(F)F)c3)nc12.Cl.Cl.Cl.NCCNc1nccc(-c2c(-c3cccc(C(F)(F)F)c3)nc3ccccn23)n1. The van der Waals surface area contributed by atoms with Crippen molar-refractivity contribution in [2.45, 2.75) is 77.4 Å². The highest BCUT2D eigenvalue weighted by atomic mass is 35.5. The topological polar surface area (TPSA) is 259 Å². The fourth-order valence-electron chi connectivity index (χ4n) is 14.9. The van der Waals surface area contributed by atoms with Crippen LogP contribution in [0.1, 0.15) is 89.0 Å². The van der Waals surface area contributed by atoms with Crippen molar-refractivity contribution in [1.29, 1.82) is 0 Å². The number of hydrogen-bond donors (Lipinski definition) is 5. The third-order valence-electron chi connectivity index (χ3n) is 21.4. The van der Waals surface area contributed by atoms with Crippen molar-refractivity contribution in [2.24, 2.45) is 5.73 Å². The van der Waals surface area contributed by atoms with E-state index in [1.54, 1.807) is 113 Å². The number of benzene rings is 7. The average Bonchev–Trinajstić information content (AvgIpc) is 1.63. The van der Waals surface area contributed by atoms with E-state index in [1.165, 1.54) is 24.3 Å². The Labute approximate surface area is 789 Å². The Morgan fingerprint density at radius 2 is 0.699 bits per heavy atom. The van der Waals surface area contributed by atoms with Crippen LogP contribution in [-0.2, 0) is 24.7 Å². The summed E-state index contributed by atoms with van der Waals surface area (Å²) in [5.74, 6) is 1.95. The lowest BCUT2D eigenvalue weighted by molar-refractivity contribution is -0.138. The maximum Gasteiger partial charge on any atom is 0.416 e. The molecule has 19 rings (SSSR count). The predicted molar refractivity (Wildman–Crippen MR) is 509 cm³/mol. The molecular formula is C99H83Cl3F12N22. The molecule has 0 amide bonds. The summed E-state index contributed by atoms with van der Waals surface area (Å²) in [6.45, 7) is 10.8. The van der Waals surface area contributed by atoms with Gasteiger partial charge in [0.15, 0.2) is 0 Å². The second-order valence-electron chi connectivity index (χ2n) is 30.7. The van der Waals surface area contributed by atoms with E-state index in [2.05, 4.69) is 71.1 Å². The standard InChI is InChI=1S/2C27H22F3N5.C25H19F3N6.C20H17F3N6.3ClH/c1-17-8-7-15-35-24(23(34-25(17)35)20-11-6-12-21(16-20)27(28,29)30)22-13-14-31-26(33-22)32-18(2)19-9-4-3-5-10-19;1-17-11-12-23-34-24(20-9-6-10-21(15-20)27(28,29)30)25(35(23)16-17)22-13-14-31-26(33-22)32-18(2)19-7-4-3-5-8-19;1-16(17-7-3-2-4-8-17)31-23-29-13-11-20(32-23)21-22(34-14-6-12-30-24(34)33-21)18-9-5-10-19(15-18)25(26,27)28;21-20(22,23)14-5-3-4-13(12-14)17-18(29-11-2-1-6-16(29)28-17)15-7-9-25-19(27-15)26-10-8-24;;;/h2*3-16,18H,1-2H3,(H,31,32,33);2-16H,1H3,(H,29,31,32);1-7,9,11-12H,8,10,24H2,(H,25,26,27);3*1H/t2*18-;16-;;;;/m000..../s1. The van der Waals surface area contributed by atoms with Crippen LogP contribution in [0.2, 0.25) is 0 Å². The van der Waals surface area contributed by atoms with E-state index in [1.807, 2.05) is 183 Å². The molecule has 6 N–H and O–H groups in total. The molecule has 37 heteroatoms. The minimum Gasteiger partial charge on any atom is -0.353 e. The molecule has 0 aliphatic rings. The zero-order chi connectivity index (χ0) is 93.3. The molecule has 0 saturated heterocycles. The molecule has 3 atom stereocenters. The molecule has 0 aliphatic carbocycles. The highest BCUT2D eigenvalue weighted by Crippen LogP contribution is 2.43. The fraction of sp³-hybridized carbons (Fsp3) is 0.141. The number of alkyl halides is 12. The molecule has 0 spiro atoms. The summed E-state index contributed by atoms with van der Waals surface area (Å²) in [5.41, 5.74) is 17.0. The number of fused-ring (bicyclic) bond motifs is 4. The first-order valence-corrected chi connectivity index (χ1v) is 41.7. The van der Waals surface area contributed by atoms with Crippen molar-refractivity contribution >= 4 is 83.7 Å². The predicted octanol–water partition coefficient (Wildman–Crippen LogP) is 25.1. The number of anilines is 4. The van der Waals surface area contributed by atoms with Crippen LogP contribution in [0.5, 0.6) is 0 Å². The van der Waals surface area contributed by atoms with Crippen molar-refractivity contribution in [3.8, 4) is 90.6 Å². The highest BCUT2D eigenvalue weighted by molar-refractivity contribution is 5.87. The number of halogens is 15. The summed E-state index contributed by atoms with van der Waals surface area (Å²) in [7, 11) is 0. The van der Waals surface area contributed by atoms with E-state index in [9.17, 15) is 52.7 Å². The van der Waals surface area contributed by atoms with E-state index in [0.717, 1.165) is 76.3 Å². The summed E-state index contributed by atoms with van der Waals surface area (Å²) >= 11 is 0. The third-order valence-corrected chi connectivity index (χ3v) is 21.4. The first kappa shape index (κ1) is 98.2. The molecular weight excluding hydrogens is 1830 g/mol. The lowest BCUT2D eigenvalue weighted by atomic mass is 10.0. The molecule has 7 aromatic carbocycles. The van der Waals surface area contributed by atoms with Crippen LogP contribution < -0.4 is 27.0 Å². The van der Waals surface area contributed by atoms with Crippen molar-refractivity contribution in [2.75, 3.05) is 34.4 Å². The number of aryl methyl sites for hydroxylation is 2. The molecule has 22 nitrogen and oxygen atoms in total. The van der Waals surface area contributed by atoms with Gasteiger partial charge < -0.3 is 27.0 Å². The molecule has 0 bridgehead atoms. The number of nitrogens with one attached hydrogen (secondary N) is 4. The molecule has 12 heterocycles. The van der Waals surface area contributed by atoms with Crippen LogP contribution in [0, 0.1) is 13.8 Å². The molecule has 0 radical (unpaired) electrons. The van der Waals surface area contributed by atoms with Gasteiger partial charge in [0.25, 0.3) is 0 Å². The van der Waals surface area contributed by atoms with E-state index in [4.69, 9.17) is 20.7 Å². The second-order valence-corrected chi connectivity index (χ2v) is 30.7. The Bertz CT molecular complexity index is 7230. The van der Waals surface area contributed by atoms with Crippen molar-refractivity contribution in [3.05, 3.63) is 367 Å². The summed E-state index contributed by atoms with van der Waals surface area (Å²) in [6.07, 6.45) is -2.54. The van der Waals surface area contributed by atoms with Crippen LogP contribution in [0.25, 0.3) is 113 Å². The first-order valence-electron chi connectivity index (χ1n) is 41.7. The van der Waals surface area contributed by atoms with Gasteiger partial charge >= 0.3 is 24.7 Å². The van der Waals surface area contributed by atoms with Gasteiger partial charge in [-0.3, -0.25) is 17.6 Å². The first-order chi connectivity index (χ1) is 64.0. The maximum atomic E-state index is 13.4. The second kappa shape index (κ2) is 42.3. The van der Waals surface area contributed by atoms with Gasteiger partial charge in [0.05, 0.1) is 103 Å². The monoisotopic (exact) mass is 1910 g/mol. The largest absolute Gasteiger partial charge is 0.416 e. The normalized spacial score (nSPS) is 12.1. The van der Waals surface area contributed by atoms with Crippen LogP contribution >= 0.6 is 37.2 Å². The van der Waals surface area contributed by atoms with Gasteiger partial charge in [-0.25, -0.2) is 64.8 Å². The van der Waals surface area contributed by atoms with Gasteiger partial charge in [-0.05, 0) is 166 Å². The number of rotatable bonds is 20. The zero-order valence-corrected chi connectivity index (χ0v) is 75.1. The summed E-state index contributed by atoms with van der Waals surface area (Å²) in [6, 6.07) is 71.7. The molecule has 136 heavy (non-hydrogen) atoms. The van der Waals surface area contributed by atoms with Gasteiger partial charge in [-0.15, -0.1) is 37.2 Å². The summed E-state index contributed by atoms with van der Waals surface area (Å²) in [4.78, 5) is 58.6. The molecule has 0 aliphatic heterocycles. The number of aromatic nitrogens is 17. The van der Waals surface area contributed by atoms with Crippen LogP contribution in [0.3, 0.4) is 0 Å². The van der Waals surface area contributed by atoms with Gasteiger partial charge in [-0.2, -0.15) is 52.7 Å². The Morgan fingerprint density at radius 3 is 1.16 bits per heavy atom. The fourth-order valence-corrected chi connectivity index (χ4v) is 14.9. The number of nitrogens with zero attached hydrogens (tertiary/aromatic N) is 17. The smallest absolute Gasteiger partial charge is 0.353 e. The van der Waals surface area contributed by atoms with E-state index < -0.39 is 47.0 Å². The third kappa shape index (κ3) is 22.6. The lowest BCUT2D eigenvalue weighted by Crippen LogP contribution is -2.14. The summed E-state index contributed by atoms with van der Waals surface area (Å²) < 4.78 is 168. The van der Waals surface area contributed by atoms with Crippen LogP contribution in [0.4, 0.5) is 76.5 Å². The Kier molecular flexibility index (Phi) is 30.6. The van der Waals surface area contributed by atoms with Crippen LogP contribution in [-0.4, -0.2) is 95.5 Å². The zero-order valence-electron chi connectivity index (χ0n) is 72.6. The Hall–Kier alpha value is -15.3. The molecule has 19 aromatic rings. The quantitative estimate of drug-likeness (QED) is 0.0444. The molecule has 0 fully saturated rings. The van der Waals surface area contributed by atoms with Crippen molar-refractivity contribution in [1.82, 2.24) is 82.4 Å². The Morgan fingerprint density at radius 1 is 0.316 bits per heavy atom. The lowest BCUT2D eigenvalue weighted by Gasteiger charge is -2.15. The molecule has 0 saturated carbocycles. The number of imidazole rings is 4. The minimum absolute atomic E-state index is 0. The van der Waals surface area contributed by atoms with Gasteiger partial charge in [0, 0.05) is 91.1 Å². The molecule has 12 aromatic heterocycles. The number of nitrogens with two attached hydrogens (primary N) is 1. The van der Waals surface area contributed by atoms with E-state index >= 15 is 0 Å². The van der Waals surface area contributed by atoms with Gasteiger partial charge in [0.2, 0.25) is 29.6 Å². The minimum atomic E-state index is -4.46. The highest BCUT2D eigenvalue weighted by Gasteiger charge is 2.36. The Balaban J connectivity index is 0.000000153. The van der Waals surface area contributed by atoms with Gasteiger partial charge in [0.1, 0.15) is 22.6 Å². The summed E-state index contributed by atoms with van der Waals surface area (Å²) in [5, 5.41) is 12.9. The maximum absolute atomic E-state index is 13.4. The molecule has 694 valence electrons. The van der Waals surface area contributed by atoms with Gasteiger partial charge in [-0.1, -0.05) is 158 Å².